The van der Waals surface area contributed by atoms with Crippen molar-refractivity contribution in [1.29, 1.82) is 0 Å². The number of alkyl halides is 2. The van der Waals surface area contributed by atoms with Crippen LogP contribution in [0.2, 0.25) is 0 Å². The summed E-state index contributed by atoms with van der Waals surface area (Å²) in [6.07, 6.45) is 1.69. The summed E-state index contributed by atoms with van der Waals surface area (Å²) in [5, 5.41) is 19.2. The summed E-state index contributed by atoms with van der Waals surface area (Å²) in [6.45, 7) is 2.23. The third kappa shape index (κ3) is 4.66. The topological polar surface area (TPSA) is 80.0 Å². The summed E-state index contributed by atoms with van der Waals surface area (Å²) in [5.74, 6) is -0.908. The molecule has 6 nitrogen and oxygen atoms in total. The van der Waals surface area contributed by atoms with Crippen LogP contribution in [0.25, 0.3) is 0 Å². The van der Waals surface area contributed by atoms with Crippen molar-refractivity contribution in [2.75, 3.05) is 0 Å². The average Bonchev–Trinajstić information content (AvgIpc) is 2.73. The van der Waals surface area contributed by atoms with Crippen molar-refractivity contribution in [2.45, 2.75) is 38.2 Å². The molecular weight excluding hydrogens is 251 g/mol. The fourth-order valence-corrected chi connectivity index (χ4v) is 1.19. The van der Waals surface area contributed by atoms with Gasteiger partial charge in [-0.25, -0.2) is 9.07 Å². The minimum absolute atomic E-state index is 0.0498. The van der Waals surface area contributed by atoms with E-state index in [1.54, 1.807) is 6.20 Å². The van der Waals surface area contributed by atoms with Crippen LogP contribution < -0.4 is 5.32 Å². The first-order valence-corrected chi connectivity index (χ1v) is 5.59. The predicted molar refractivity (Wildman–Crippen MR) is 58.9 cm³/mol. The molecule has 0 bridgehead atoms. The molecule has 2 N–H and O–H groups in total. The molecular formula is C9H14ClFN4O2. The number of nitrogens with zero attached hydrogens (tertiary/aromatic N) is 3. The van der Waals surface area contributed by atoms with Gasteiger partial charge in [0.15, 0.2) is 0 Å². The molecule has 17 heavy (non-hydrogen) atoms. The molecule has 0 aromatic carbocycles. The number of aromatic nitrogens is 3. The van der Waals surface area contributed by atoms with Gasteiger partial charge in [-0.3, -0.25) is 4.79 Å². The molecule has 8 heteroatoms. The Morgan fingerprint density at radius 1 is 1.76 bits per heavy atom. The molecule has 2 atom stereocenters. The van der Waals surface area contributed by atoms with Crippen LogP contribution in [0.3, 0.4) is 0 Å². The summed E-state index contributed by atoms with van der Waals surface area (Å²) in [5.41, 5.74) is -1.59. The molecule has 1 rings (SSSR count). The Morgan fingerprint density at radius 3 is 3.06 bits per heavy atom. The molecule has 1 aromatic heterocycles. The van der Waals surface area contributed by atoms with Crippen molar-refractivity contribution < 1.29 is 14.3 Å². The van der Waals surface area contributed by atoms with Crippen molar-refractivity contribution in [1.82, 2.24) is 20.3 Å². The van der Waals surface area contributed by atoms with Crippen molar-refractivity contribution >= 4 is 17.5 Å². The lowest BCUT2D eigenvalue weighted by Crippen LogP contribution is -2.28. The second-order valence-corrected chi connectivity index (χ2v) is 3.90. The van der Waals surface area contributed by atoms with E-state index in [4.69, 9.17) is 11.6 Å². The van der Waals surface area contributed by atoms with E-state index < -0.39 is 17.6 Å². The largest absolute Gasteiger partial charge is 0.391 e. The van der Waals surface area contributed by atoms with Crippen LogP contribution in [0.4, 0.5) is 4.39 Å². The molecule has 1 heterocycles. The minimum Gasteiger partial charge on any atom is -0.391 e. The molecule has 0 aliphatic rings. The standard InChI is InChI=1S/C9H14ClFN4O2/c1-2-7(16)5-15-4-6(13-14-15)3-12-9(17)8(10)11/h4,7-8,16H,2-3,5H2,1H3,(H,12,17). The maximum Gasteiger partial charge on any atom is 0.270 e. The molecule has 1 amide bonds. The summed E-state index contributed by atoms with van der Waals surface area (Å²) >= 11 is 4.93. The highest BCUT2D eigenvalue weighted by Crippen LogP contribution is 2.00. The molecule has 0 aliphatic heterocycles. The Morgan fingerprint density at radius 2 is 2.47 bits per heavy atom. The first kappa shape index (κ1) is 13.9. The fourth-order valence-electron chi connectivity index (χ4n) is 1.11. The second kappa shape index (κ2) is 6.51. The van der Waals surface area contributed by atoms with E-state index >= 15 is 0 Å². The molecule has 1 aromatic rings. The number of nitrogens with one attached hydrogen (secondary N) is 1. The average molecular weight is 265 g/mol. The number of hydrogen-bond donors (Lipinski definition) is 2. The molecule has 0 fully saturated rings. The Kier molecular flexibility index (Phi) is 5.30. The minimum atomic E-state index is -2.06. The highest BCUT2D eigenvalue weighted by Gasteiger charge is 2.13. The number of hydrogen-bond acceptors (Lipinski definition) is 4. The number of carbonyl (C=O) groups is 1. The molecule has 0 saturated carbocycles. The number of amides is 1. The van der Waals surface area contributed by atoms with E-state index in [0.29, 0.717) is 18.7 Å². The number of aliphatic hydroxyl groups excluding tert-OH is 1. The molecule has 0 radical (unpaired) electrons. The Labute approximate surface area is 103 Å². The second-order valence-electron chi connectivity index (χ2n) is 3.51. The van der Waals surface area contributed by atoms with Crippen LogP contribution in [0.15, 0.2) is 6.20 Å². The van der Waals surface area contributed by atoms with Gasteiger partial charge in [0.1, 0.15) is 5.69 Å². The fraction of sp³-hybridized carbons (Fsp3) is 0.667. The van der Waals surface area contributed by atoms with Gasteiger partial charge in [-0.15, -0.1) is 5.10 Å². The quantitative estimate of drug-likeness (QED) is 0.720. The third-order valence-corrected chi connectivity index (χ3v) is 2.30. The molecule has 0 saturated heterocycles. The van der Waals surface area contributed by atoms with Gasteiger partial charge in [0, 0.05) is 0 Å². The Hall–Kier alpha value is -1.21. The van der Waals surface area contributed by atoms with Gasteiger partial charge in [-0.2, -0.15) is 0 Å². The van der Waals surface area contributed by atoms with Crippen LogP contribution in [-0.4, -0.2) is 37.7 Å². The normalized spacial score (nSPS) is 14.4. The highest BCUT2D eigenvalue weighted by atomic mass is 35.5. The summed E-state index contributed by atoms with van der Waals surface area (Å²) in [6, 6.07) is 0. The number of carbonyl (C=O) groups excluding carboxylic acids is 1. The van der Waals surface area contributed by atoms with Gasteiger partial charge in [0.2, 0.25) is 0 Å². The monoisotopic (exact) mass is 264 g/mol. The van der Waals surface area contributed by atoms with Crippen LogP contribution in [0.5, 0.6) is 0 Å². The molecule has 2 unspecified atom stereocenters. The zero-order valence-corrected chi connectivity index (χ0v) is 10.1. The first-order chi connectivity index (χ1) is 8.02. The summed E-state index contributed by atoms with van der Waals surface area (Å²) in [4.78, 5) is 10.8. The van der Waals surface area contributed by atoms with Crippen molar-refractivity contribution in [3.8, 4) is 0 Å². The van der Waals surface area contributed by atoms with Gasteiger partial charge < -0.3 is 10.4 Å². The highest BCUT2D eigenvalue weighted by molar-refractivity contribution is 6.29. The van der Waals surface area contributed by atoms with Gasteiger partial charge >= 0.3 is 0 Å². The van der Waals surface area contributed by atoms with Crippen LogP contribution in [-0.2, 0) is 17.9 Å². The van der Waals surface area contributed by atoms with E-state index in [0.717, 1.165) is 0 Å². The lowest BCUT2D eigenvalue weighted by Gasteiger charge is -2.05. The van der Waals surface area contributed by atoms with Gasteiger partial charge in [0.25, 0.3) is 11.5 Å². The van der Waals surface area contributed by atoms with E-state index in [-0.39, 0.29) is 6.54 Å². The van der Waals surface area contributed by atoms with Crippen LogP contribution in [0, 0.1) is 0 Å². The summed E-state index contributed by atoms with van der Waals surface area (Å²) < 4.78 is 13.8. The zero-order valence-electron chi connectivity index (χ0n) is 9.31. The third-order valence-electron chi connectivity index (χ3n) is 2.10. The van der Waals surface area contributed by atoms with E-state index in [1.807, 2.05) is 6.92 Å². The lowest BCUT2D eigenvalue weighted by molar-refractivity contribution is -0.123. The number of aliphatic hydroxyl groups is 1. The number of rotatable bonds is 6. The Bertz CT molecular complexity index is 372. The zero-order chi connectivity index (χ0) is 12.8. The maximum atomic E-state index is 12.3. The van der Waals surface area contributed by atoms with E-state index in [2.05, 4.69) is 15.6 Å². The molecule has 0 aliphatic carbocycles. The Balaban J connectivity index is 2.43. The molecule has 96 valence electrons. The van der Waals surface area contributed by atoms with Gasteiger partial charge in [-0.1, -0.05) is 23.7 Å². The SMILES string of the molecule is CCC(O)Cn1cc(CNC(=O)C(F)Cl)nn1. The van der Waals surface area contributed by atoms with Crippen molar-refractivity contribution in [2.24, 2.45) is 0 Å². The summed E-state index contributed by atoms with van der Waals surface area (Å²) in [7, 11) is 0. The van der Waals surface area contributed by atoms with Crippen LogP contribution in [0.1, 0.15) is 19.0 Å². The van der Waals surface area contributed by atoms with Crippen molar-refractivity contribution in [3.63, 3.8) is 0 Å². The first-order valence-electron chi connectivity index (χ1n) is 5.15. The predicted octanol–water partition coefficient (Wildman–Crippen LogP) is 0.200. The van der Waals surface area contributed by atoms with E-state index in [1.165, 1.54) is 4.68 Å². The van der Waals surface area contributed by atoms with Gasteiger partial charge in [0.05, 0.1) is 25.4 Å². The van der Waals surface area contributed by atoms with Crippen LogP contribution >= 0.6 is 11.6 Å². The van der Waals surface area contributed by atoms with Crippen molar-refractivity contribution in [3.05, 3.63) is 11.9 Å². The lowest BCUT2D eigenvalue weighted by atomic mass is 10.3. The maximum absolute atomic E-state index is 12.3. The smallest absolute Gasteiger partial charge is 0.270 e. The number of halogens is 2. The molecule has 0 spiro atoms. The van der Waals surface area contributed by atoms with E-state index in [9.17, 15) is 14.3 Å². The van der Waals surface area contributed by atoms with Gasteiger partial charge in [-0.05, 0) is 6.42 Å².